The molecule has 0 aliphatic rings. The summed E-state index contributed by atoms with van der Waals surface area (Å²) in [4.78, 5) is 19.8. The third kappa shape index (κ3) is 2.69. The number of hydrogen-bond acceptors (Lipinski definition) is 5. The van der Waals surface area contributed by atoms with E-state index in [0.29, 0.717) is 11.6 Å². The molecule has 2 aromatic heterocycles. The summed E-state index contributed by atoms with van der Waals surface area (Å²) in [5.41, 5.74) is 7.37. The smallest absolute Gasteiger partial charge is 0.301 e. The molecule has 4 aromatic rings. The van der Waals surface area contributed by atoms with Gasteiger partial charge in [0.15, 0.2) is 11.5 Å². The van der Waals surface area contributed by atoms with Gasteiger partial charge in [0, 0.05) is 12.4 Å². The molecule has 4 rings (SSSR count). The molecular weight excluding hydrogens is 330 g/mol. The van der Waals surface area contributed by atoms with Gasteiger partial charge < -0.3 is 10.7 Å². The monoisotopic (exact) mass is 345 g/mol. The normalized spacial score (nSPS) is 11.2. The summed E-state index contributed by atoms with van der Waals surface area (Å²) in [7, 11) is 0. The van der Waals surface area contributed by atoms with Crippen LogP contribution in [0.4, 0.5) is 17.5 Å². The number of nitrogen functional groups attached to an aromatic ring is 1. The van der Waals surface area contributed by atoms with E-state index in [1.807, 2.05) is 60.7 Å². The minimum Gasteiger partial charge on any atom is -0.382 e. The number of anilines is 1. The fraction of sp³-hybridized carbons (Fsp3) is 0. The number of nitrogens with two attached hydrogens (primary N) is 1. The van der Waals surface area contributed by atoms with E-state index in [1.165, 1.54) is 4.68 Å². The first-order chi connectivity index (χ1) is 12.8. The van der Waals surface area contributed by atoms with Gasteiger partial charge in [-0.05, 0) is 24.3 Å². The van der Waals surface area contributed by atoms with Crippen molar-refractivity contribution in [3.8, 4) is 11.4 Å². The Hall–Kier alpha value is -3.94. The lowest BCUT2D eigenvalue weighted by Gasteiger charge is -2.12. The van der Waals surface area contributed by atoms with Crippen LogP contribution in [0.1, 0.15) is 0 Å². The minimum absolute atomic E-state index is 0.0501. The van der Waals surface area contributed by atoms with Crippen molar-refractivity contribution >= 4 is 17.5 Å². The molecule has 128 valence electrons. The quantitative estimate of drug-likeness (QED) is 0.554. The summed E-state index contributed by atoms with van der Waals surface area (Å²) < 4.78 is 3.09. The van der Waals surface area contributed by atoms with Crippen molar-refractivity contribution in [2.45, 2.75) is 0 Å². The molecule has 3 N–H and O–H groups in total. The van der Waals surface area contributed by atoms with Crippen LogP contribution in [0, 0.1) is 0 Å². The number of nitrogens with zero attached hydrogens (tertiary/aromatic N) is 5. The molecule has 0 radical (unpaired) electrons. The Bertz CT molecular complexity index is 1090. The Morgan fingerprint density at radius 1 is 0.885 bits per heavy atom. The van der Waals surface area contributed by atoms with Gasteiger partial charge >= 0.3 is 5.56 Å². The van der Waals surface area contributed by atoms with Crippen molar-refractivity contribution < 1.29 is 0 Å². The van der Waals surface area contributed by atoms with E-state index in [2.05, 4.69) is 20.2 Å². The van der Waals surface area contributed by atoms with E-state index in [0.717, 1.165) is 5.69 Å². The van der Waals surface area contributed by atoms with Gasteiger partial charge in [-0.25, -0.2) is 14.3 Å². The van der Waals surface area contributed by atoms with Crippen LogP contribution in [0.25, 0.3) is 11.4 Å². The third-order valence-corrected chi connectivity index (χ3v) is 3.80. The van der Waals surface area contributed by atoms with Crippen LogP contribution in [0.15, 0.2) is 88.1 Å². The van der Waals surface area contributed by atoms with Gasteiger partial charge in [0.2, 0.25) is 5.95 Å². The minimum atomic E-state index is -0.368. The molecule has 26 heavy (non-hydrogen) atoms. The number of nitrogens with one attached hydrogen (secondary N) is 1. The van der Waals surface area contributed by atoms with Crippen LogP contribution in [0.2, 0.25) is 0 Å². The highest BCUT2D eigenvalue weighted by Gasteiger charge is 2.20. The predicted octanol–water partition coefficient (Wildman–Crippen LogP) is 3.35. The highest BCUT2D eigenvalue weighted by Crippen LogP contribution is 2.25. The van der Waals surface area contributed by atoms with Crippen LogP contribution in [-0.2, 0) is 0 Å². The molecule has 8 nitrogen and oxygen atoms in total. The topological polar surface area (TPSA) is 106 Å². The number of aromatic nitrogens is 4. The summed E-state index contributed by atoms with van der Waals surface area (Å²) in [6.07, 6.45) is 3.17. The molecule has 2 heterocycles. The van der Waals surface area contributed by atoms with Crippen LogP contribution < -0.4 is 11.3 Å². The molecule has 0 aliphatic carbocycles. The van der Waals surface area contributed by atoms with Crippen molar-refractivity contribution in [2.75, 3.05) is 5.73 Å². The molecule has 8 heteroatoms. The van der Waals surface area contributed by atoms with Gasteiger partial charge in [-0.3, -0.25) is 4.79 Å². The zero-order valence-corrected chi connectivity index (χ0v) is 13.6. The lowest BCUT2D eigenvalue weighted by atomic mass is 10.3. The lowest BCUT2D eigenvalue weighted by molar-refractivity contribution is 0.731. The predicted molar refractivity (Wildman–Crippen MR) is 98.5 cm³/mol. The molecule has 0 fully saturated rings. The highest BCUT2D eigenvalue weighted by molar-refractivity contribution is 5.62. The molecule has 0 unspecified atom stereocenters. The fourth-order valence-corrected chi connectivity index (χ4v) is 2.64. The first-order valence-electron chi connectivity index (χ1n) is 7.91. The van der Waals surface area contributed by atoms with Crippen LogP contribution in [0.5, 0.6) is 0 Å². The average molecular weight is 345 g/mol. The fourth-order valence-electron chi connectivity index (χ4n) is 2.64. The molecule has 0 bridgehead atoms. The number of imidazole rings is 1. The van der Waals surface area contributed by atoms with Gasteiger partial charge in [-0.1, -0.05) is 36.4 Å². The number of rotatable bonds is 4. The summed E-state index contributed by atoms with van der Waals surface area (Å²) in [6, 6.07) is 18.6. The maximum atomic E-state index is 13.0. The zero-order valence-electron chi connectivity index (χ0n) is 13.6. The van der Waals surface area contributed by atoms with Crippen molar-refractivity contribution in [3.63, 3.8) is 0 Å². The summed E-state index contributed by atoms with van der Waals surface area (Å²) in [6.45, 7) is 0. The van der Waals surface area contributed by atoms with Crippen molar-refractivity contribution in [1.82, 2.24) is 19.3 Å². The Morgan fingerprint density at radius 2 is 1.50 bits per heavy atom. The largest absolute Gasteiger partial charge is 0.382 e. The maximum Gasteiger partial charge on any atom is 0.301 e. The van der Waals surface area contributed by atoms with Gasteiger partial charge in [0.05, 0.1) is 11.4 Å². The van der Waals surface area contributed by atoms with E-state index < -0.39 is 0 Å². The summed E-state index contributed by atoms with van der Waals surface area (Å²) in [5, 5.41) is 7.98. The standard InChI is InChI=1S/C18H15N7O/c19-16-15(22-23-18-20-11-12-21-18)17(26)25(14-9-5-2-6-10-14)24(16)13-7-3-1-4-8-13/h1-12H,19H2,(H,20,21)/b23-22+. The van der Waals surface area contributed by atoms with Crippen molar-refractivity contribution in [2.24, 2.45) is 10.2 Å². The van der Waals surface area contributed by atoms with E-state index in [1.54, 1.807) is 17.1 Å². The third-order valence-electron chi connectivity index (χ3n) is 3.80. The Kier molecular flexibility index (Phi) is 3.91. The number of azo groups is 1. The van der Waals surface area contributed by atoms with Gasteiger partial charge in [-0.2, -0.15) is 0 Å². The first kappa shape index (κ1) is 15.6. The molecule has 0 amide bonds. The number of aromatic amines is 1. The molecule has 2 aromatic carbocycles. The summed E-state index contributed by atoms with van der Waals surface area (Å²) in [5.74, 6) is 0.489. The average Bonchev–Trinajstić information content (AvgIpc) is 3.28. The van der Waals surface area contributed by atoms with Crippen molar-refractivity contribution in [3.05, 3.63) is 83.4 Å². The Labute approximate surface area is 148 Å². The molecule has 0 saturated heterocycles. The maximum absolute atomic E-state index is 13.0. The summed E-state index contributed by atoms with van der Waals surface area (Å²) >= 11 is 0. The van der Waals surface area contributed by atoms with E-state index >= 15 is 0 Å². The molecule has 0 spiro atoms. The highest BCUT2D eigenvalue weighted by atomic mass is 16.1. The molecular formula is C18H15N7O. The number of para-hydroxylation sites is 2. The molecule has 0 atom stereocenters. The Balaban J connectivity index is 1.95. The number of benzene rings is 2. The zero-order chi connectivity index (χ0) is 17.9. The van der Waals surface area contributed by atoms with Gasteiger partial charge in [0.1, 0.15) is 0 Å². The van der Waals surface area contributed by atoms with Crippen LogP contribution in [0.3, 0.4) is 0 Å². The van der Waals surface area contributed by atoms with E-state index in [-0.39, 0.29) is 17.1 Å². The second kappa shape index (κ2) is 6.52. The second-order valence-electron chi connectivity index (χ2n) is 5.45. The lowest BCUT2D eigenvalue weighted by Crippen LogP contribution is -2.20. The van der Waals surface area contributed by atoms with E-state index in [9.17, 15) is 4.79 Å². The number of hydrogen-bond donors (Lipinski definition) is 2. The second-order valence-corrected chi connectivity index (χ2v) is 5.45. The SMILES string of the molecule is Nc1c(/N=N/c2ncc[nH]2)c(=O)n(-c2ccccc2)n1-c1ccccc1. The molecule has 0 saturated carbocycles. The van der Waals surface area contributed by atoms with E-state index in [4.69, 9.17) is 5.73 Å². The first-order valence-corrected chi connectivity index (χ1v) is 7.91. The van der Waals surface area contributed by atoms with Crippen molar-refractivity contribution in [1.29, 1.82) is 0 Å². The Morgan fingerprint density at radius 3 is 2.08 bits per heavy atom. The van der Waals surface area contributed by atoms with Gasteiger partial charge in [-0.15, -0.1) is 10.2 Å². The number of H-pyrrole nitrogens is 1. The van der Waals surface area contributed by atoms with Crippen LogP contribution in [-0.4, -0.2) is 19.3 Å². The van der Waals surface area contributed by atoms with Crippen LogP contribution >= 0.6 is 0 Å². The van der Waals surface area contributed by atoms with Gasteiger partial charge in [0.25, 0.3) is 0 Å². The molecule has 0 aliphatic heterocycles.